The topological polar surface area (TPSA) is 49.7 Å². The van der Waals surface area contributed by atoms with Crippen LogP contribution in [0.1, 0.15) is 120 Å². The second-order valence-electron chi connectivity index (χ2n) is 16.4. The van der Waals surface area contributed by atoms with Crippen LogP contribution in [0.15, 0.2) is 11.6 Å². The van der Waals surface area contributed by atoms with E-state index >= 15 is 0 Å². The summed E-state index contributed by atoms with van der Waals surface area (Å²) in [4.78, 5) is 0. The van der Waals surface area contributed by atoms with Crippen molar-refractivity contribution in [3.8, 4) is 0 Å². The van der Waals surface area contributed by atoms with Crippen molar-refractivity contribution in [3.63, 3.8) is 0 Å². The zero-order valence-corrected chi connectivity index (χ0v) is 27.0. The Balaban J connectivity index is 1.50. The summed E-state index contributed by atoms with van der Waals surface area (Å²) >= 11 is 0. The quantitative estimate of drug-likeness (QED) is 0.255. The van der Waals surface area contributed by atoms with Crippen LogP contribution in [0.25, 0.3) is 0 Å². The summed E-state index contributed by atoms with van der Waals surface area (Å²) in [5, 5.41) is 23.1. The molecular formula is C33H60O3Si. The first-order chi connectivity index (χ1) is 16.9. The van der Waals surface area contributed by atoms with E-state index in [1.54, 1.807) is 5.57 Å². The van der Waals surface area contributed by atoms with Crippen molar-refractivity contribution >= 4 is 8.32 Å². The van der Waals surface area contributed by atoms with E-state index in [2.05, 4.69) is 67.6 Å². The second kappa shape index (κ2) is 10.0. The Morgan fingerprint density at radius 1 is 1.00 bits per heavy atom. The molecule has 4 aliphatic carbocycles. The van der Waals surface area contributed by atoms with Gasteiger partial charge in [-0.05, 0) is 130 Å². The Bertz CT molecular complexity index is 854. The highest BCUT2D eigenvalue weighted by Crippen LogP contribution is 2.68. The van der Waals surface area contributed by atoms with E-state index in [4.69, 9.17) is 4.43 Å². The number of rotatable bonds is 7. The predicted molar refractivity (Wildman–Crippen MR) is 158 cm³/mol. The molecule has 0 heterocycles. The van der Waals surface area contributed by atoms with E-state index in [-0.39, 0.29) is 16.4 Å². The summed E-state index contributed by atoms with van der Waals surface area (Å²) in [6.07, 6.45) is 13.6. The summed E-state index contributed by atoms with van der Waals surface area (Å²) in [7, 11) is -1.75. The Kier molecular flexibility index (Phi) is 8.08. The highest BCUT2D eigenvalue weighted by Gasteiger charge is 2.62. The maximum atomic E-state index is 11.7. The molecule has 0 aromatic carbocycles. The molecule has 0 spiro atoms. The average Bonchev–Trinajstić information content (AvgIpc) is 3.14. The first-order valence-electron chi connectivity index (χ1n) is 15.7. The molecule has 0 aromatic heterocycles. The molecule has 0 radical (unpaired) electrons. The van der Waals surface area contributed by atoms with Crippen LogP contribution in [0.5, 0.6) is 0 Å². The zero-order chi connectivity index (χ0) is 27.6. The molecule has 0 saturated heterocycles. The molecule has 4 heteroatoms. The molecule has 3 saturated carbocycles. The van der Waals surface area contributed by atoms with Crippen molar-refractivity contribution in [2.75, 3.05) is 0 Å². The van der Waals surface area contributed by atoms with Crippen molar-refractivity contribution in [3.05, 3.63) is 11.6 Å². The fourth-order valence-corrected chi connectivity index (χ4v) is 10.7. The van der Waals surface area contributed by atoms with Crippen LogP contribution in [0.4, 0.5) is 0 Å². The summed E-state index contributed by atoms with van der Waals surface area (Å²) in [5.74, 6) is 2.89. The van der Waals surface area contributed by atoms with Gasteiger partial charge in [-0.3, -0.25) is 0 Å². The number of hydrogen-bond donors (Lipinski definition) is 2. The van der Waals surface area contributed by atoms with Gasteiger partial charge in [-0.25, -0.2) is 0 Å². The SMILES string of the molecule is CC(C)CC[C@H](O)[C@](C)(O)[C@H]1CC[C@H]2[C@@H]3CC=C4C[C@@H](O[Si](C)(C)C(C)(C)C)CC[C@]4(C)[C@H]3CC[C@]12C. The van der Waals surface area contributed by atoms with Crippen LogP contribution in [0.3, 0.4) is 0 Å². The summed E-state index contributed by atoms with van der Waals surface area (Å²) in [5.41, 5.74) is 1.14. The minimum absolute atomic E-state index is 0.133. The van der Waals surface area contributed by atoms with Crippen LogP contribution >= 0.6 is 0 Å². The number of allylic oxidation sites excluding steroid dienone is 1. The van der Waals surface area contributed by atoms with Crippen molar-refractivity contribution in [2.24, 2.45) is 40.4 Å². The largest absolute Gasteiger partial charge is 0.414 e. The second-order valence-corrected chi connectivity index (χ2v) is 21.1. The molecule has 0 unspecified atom stereocenters. The first-order valence-corrected chi connectivity index (χ1v) is 18.6. The molecule has 9 atom stereocenters. The average molecular weight is 533 g/mol. The van der Waals surface area contributed by atoms with Crippen LogP contribution in [0, 0.1) is 40.4 Å². The van der Waals surface area contributed by atoms with Crippen molar-refractivity contribution < 1.29 is 14.6 Å². The number of fused-ring (bicyclic) bond motifs is 5. The van der Waals surface area contributed by atoms with Gasteiger partial charge in [0.15, 0.2) is 8.32 Å². The highest BCUT2D eigenvalue weighted by molar-refractivity contribution is 6.74. The minimum Gasteiger partial charge on any atom is -0.414 e. The molecule has 4 aliphatic rings. The van der Waals surface area contributed by atoms with Gasteiger partial charge in [0.1, 0.15) is 0 Å². The number of hydrogen-bond acceptors (Lipinski definition) is 3. The van der Waals surface area contributed by atoms with Gasteiger partial charge in [0, 0.05) is 6.10 Å². The van der Waals surface area contributed by atoms with Gasteiger partial charge in [-0.2, -0.15) is 0 Å². The normalized spacial score (nSPS) is 40.9. The van der Waals surface area contributed by atoms with Gasteiger partial charge in [0.2, 0.25) is 0 Å². The Morgan fingerprint density at radius 3 is 2.30 bits per heavy atom. The van der Waals surface area contributed by atoms with Crippen LogP contribution in [-0.2, 0) is 4.43 Å². The van der Waals surface area contributed by atoms with Gasteiger partial charge < -0.3 is 14.6 Å². The lowest BCUT2D eigenvalue weighted by atomic mass is 9.46. The summed E-state index contributed by atoms with van der Waals surface area (Å²) in [6, 6.07) is 0. The van der Waals surface area contributed by atoms with E-state index in [0.717, 1.165) is 31.1 Å². The molecule has 3 nitrogen and oxygen atoms in total. The fraction of sp³-hybridized carbons (Fsp3) is 0.939. The Morgan fingerprint density at radius 2 is 1.68 bits per heavy atom. The number of aliphatic hydroxyl groups excluding tert-OH is 1. The zero-order valence-electron chi connectivity index (χ0n) is 26.0. The van der Waals surface area contributed by atoms with E-state index in [0.29, 0.717) is 29.8 Å². The lowest BCUT2D eigenvalue weighted by molar-refractivity contribution is -0.151. The molecule has 214 valence electrons. The van der Waals surface area contributed by atoms with Crippen LogP contribution in [-0.4, -0.2) is 36.3 Å². The summed E-state index contributed by atoms with van der Waals surface area (Å²) < 4.78 is 6.91. The lowest BCUT2D eigenvalue weighted by Crippen LogP contribution is -2.56. The third-order valence-corrected chi connectivity index (χ3v) is 17.3. The van der Waals surface area contributed by atoms with E-state index in [9.17, 15) is 10.2 Å². The third kappa shape index (κ3) is 5.20. The van der Waals surface area contributed by atoms with Crippen molar-refractivity contribution in [2.45, 2.75) is 156 Å². The predicted octanol–water partition coefficient (Wildman–Crippen LogP) is 8.50. The van der Waals surface area contributed by atoms with E-state index < -0.39 is 20.0 Å². The molecule has 0 aliphatic heterocycles. The molecule has 3 fully saturated rings. The minimum atomic E-state index is -1.75. The van der Waals surface area contributed by atoms with E-state index in [1.807, 2.05) is 6.92 Å². The molecule has 37 heavy (non-hydrogen) atoms. The molecular weight excluding hydrogens is 472 g/mol. The van der Waals surface area contributed by atoms with Crippen molar-refractivity contribution in [1.82, 2.24) is 0 Å². The standard InChI is InChI=1S/C33H60O3Si/c1-22(2)11-16-29(34)33(8,35)28-15-14-26-25-13-12-23-21-24(36-37(9,10)30(3,4)5)17-19-31(23,6)27(25)18-20-32(26,28)7/h12,22,24-29,34-35H,11,13-21H2,1-10H3/t24-,25-,26-,27-,28-,29-,31-,32-,33+/m0/s1. The molecule has 0 aromatic rings. The van der Waals surface area contributed by atoms with E-state index in [1.165, 1.54) is 38.5 Å². The third-order valence-electron chi connectivity index (χ3n) is 12.7. The summed E-state index contributed by atoms with van der Waals surface area (Å²) in [6.45, 7) is 23.3. The van der Waals surface area contributed by atoms with Gasteiger partial charge in [-0.1, -0.05) is 60.1 Å². The highest BCUT2D eigenvalue weighted by atomic mass is 28.4. The maximum Gasteiger partial charge on any atom is 0.192 e. The van der Waals surface area contributed by atoms with Crippen LogP contribution in [0.2, 0.25) is 18.1 Å². The Labute approximate surface area is 230 Å². The maximum absolute atomic E-state index is 11.7. The first kappa shape index (κ1) is 29.8. The van der Waals surface area contributed by atoms with Gasteiger partial charge in [-0.15, -0.1) is 0 Å². The monoisotopic (exact) mass is 532 g/mol. The fourth-order valence-electron chi connectivity index (χ4n) is 9.30. The molecule has 0 amide bonds. The van der Waals surface area contributed by atoms with Gasteiger partial charge in [0.25, 0.3) is 0 Å². The molecule has 2 N–H and O–H groups in total. The van der Waals surface area contributed by atoms with Crippen LogP contribution < -0.4 is 0 Å². The van der Waals surface area contributed by atoms with Gasteiger partial charge >= 0.3 is 0 Å². The Hall–Kier alpha value is -0.163. The van der Waals surface area contributed by atoms with Gasteiger partial charge in [0.05, 0.1) is 11.7 Å². The molecule has 4 rings (SSSR count). The smallest absolute Gasteiger partial charge is 0.192 e. The lowest BCUT2D eigenvalue weighted by Gasteiger charge is -2.59. The van der Waals surface area contributed by atoms with Crippen molar-refractivity contribution in [1.29, 1.82) is 0 Å². The molecule has 0 bridgehead atoms. The number of aliphatic hydroxyl groups is 2.